The van der Waals surface area contributed by atoms with Crippen LogP contribution in [0.2, 0.25) is 0 Å². The zero-order valence-corrected chi connectivity index (χ0v) is 16.3. The predicted molar refractivity (Wildman–Crippen MR) is 106 cm³/mol. The fourth-order valence-corrected chi connectivity index (χ4v) is 4.23. The Hall–Kier alpha value is -1.69. The second-order valence-electron chi connectivity index (χ2n) is 7.34. The lowest BCUT2D eigenvalue weighted by atomic mass is 10.1. The lowest BCUT2D eigenvalue weighted by Crippen LogP contribution is -2.43. The molecule has 2 aromatic rings. The summed E-state index contributed by atoms with van der Waals surface area (Å²) in [7, 11) is 0. The van der Waals surface area contributed by atoms with Crippen molar-refractivity contribution in [2.24, 2.45) is 0 Å². The summed E-state index contributed by atoms with van der Waals surface area (Å²) in [4.78, 5) is 9.62. The lowest BCUT2D eigenvalue weighted by molar-refractivity contribution is 0.0302. The monoisotopic (exact) mass is 386 g/mol. The van der Waals surface area contributed by atoms with Crippen molar-refractivity contribution in [1.82, 2.24) is 14.8 Å². The fourth-order valence-electron chi connectivity index (χ4n) is 4.23. The van der Waals surface area contributed by atoms with Gasteiger partial charge in [0.25, 0.3) is 0 Å². The zero-order valence-electron chi connectivity index (χ0n) is 15.4. The summed E-state index contributed by atoms with van der Waals surface area (Å²) >= 11 is 0. The summed E-state index contributed by atoms with van der Waals surface area (Å²) in [5.41, 5.74) is 2.46. The van der Waals surface area contributed by atoms with Crippen molar-refractivity contribution in [2.45, 2.75) is 31.6 Å². The Balaban J connectivity index is 0.00000180. The van der Waals surface area contributed by atoms with Crippen LogP contribution >= 0.6 is 9.90 Å². The molecule has 5 rings (SSSR count). The Kier molecular flexibility index (Phi) is 5.62. The molecule has 2 bridgehead atoms. The van der Waals surface area contributed by atoms with Gasteiger partial charge in [0.05, 0.1) is 32.0 Å². The van der Waals surface area contributed by atoms with Crippen molar-refractivity contribution >= 4 is 21.4 Å². The smallest absolute Gasteiger partial charge is 0.130 e. The van der Waals surface area contributed by atoms with Crippen LogP contribution in [-0.2, 0) is 16.0 Å². The van der Waals surface area contributed by atoms with Crippen LogP contribution in [0.15, 0.2) is 30.7 Å². The molecule has 2 unspecified atom stereocenters. The predicted octanol–water partition coefficient (Wildman–Crippen LogP) is 2.39. The van der Waals surface area contributed by atoms with Crippen LogP contribution in [0, 0.1) is 0 Å². The maximum absolute atomic E-state index is 5.98. The molecule has 7 nitrogen and oxygen atoms in total. The molecule has 143 valence electrons. The highest BCUT2D eigenvalue weighted by Gasteiger charge is 2.34. The number of fused-ring (bicyclic) bond motifs is 2. The minimum atomic E-state index is 0. The van der Waals surface area contributed by atoms with E-state index in [0.717, 1.165) is 51.8 Å². The summed E-state index contributed by atoms with van der Waals surface area (Å²) in [6.07, 6.45) is 8.93. The highest BCUT2D eigenvalue weighted by Crippen LogP contribution is 2.32. The molecular formula is C19H25N5O2P. The molecule has 5 heterocycles. The average molecular weight is 386 g/mol. The van der Waals surface area contributed by atoms with E-state index in [-0.39, 0.29) is 9.90 Å². The highest BCUT2D eigenvalue weighted by atomic mass is 31.0. The standard InChI is InChI=1S/C19H25N5O2.P/c1-4-21-24(5-1)12-15-11-20-19(10-18(15)22-6-8-25-9-7-22)23-13-16-2-3-17(14-23)26-16;/h1,4-5,10-11,16-17H,2-3,6-9,12-14H2;. The molecule has 3 fully saturated rings. The minimum absolute atomic E-state index is 0. The van der Waals surface area contributed by atoms with Crippen LogP contribution in [0.1, 0.15) is 18.4 Å². The summed E-state index contributed by atoms with van der Waals surface area (Å²) in [5.74, 6) is 1.07. The SMILES string of the molecule is [P].c1cnn(Cc2cnc(N3CC4CCC(C3)O4)cc2N2CCOCC2)c1. The van der Waals surface area contributed by atoms with E-state index in [9.17, 15) is 0 Å². The van der Waals surface area contributed by atoms with Crippen LogP contribution in [0.25, 0.3) is 0 Å². The molecule has 2 aromatic heterocycles. The normalized spacial score (nSPS) is 24.7. The molecule has 0 spiro atoms. The molecule has 0 amide bonds. The van der Waals surface area contributed by atoms with E-state index in [4.69, 9.17) is 14.5 Å². The van der Waals surface area contributed by atoms with Gasteiger partial charge in [0.15, 0.2) is 0 Å². The highest BCUT2D eigenvalue weighted by molar-refractivity contribution is 6.92. The quantitative estimate of drug-likeness (QED) is 0.753. The maximum atomic E-state index is 5.98. The molecule has 3 aliphatic heterocycles. The van der Waals surface area contributed by atoms with E-state index in [2.05, 4.69) is 21.0 Å². The first-order valence-corrected chi connectivity index (χ1v) is 9.54. The topological polar surface area (TPSA) is 55.7 Å². The van der Waals surface area contributed by atoms with Crippen LogP contribution in [0.4, 0.5) is 11.5 Å². The Morgan fingerprint density at radius 2 is 1.85 bits per heavy atom. The summed E-state index contributed by atoms with van der Waals surface area (Å²) in [6.45, 7) is 6.03. The van der Waals surface area contributed by atoms with Gasteiger partial charge < -0.3 is 19.3 Å². The van der Waals surface area contributed by atoms with E-state index in [1.807, 2.05) is 29.3 Å². The van der Waals surface area contributed by atoms with Crippen molar-refractivity contribution < 1.29 is 9.47 Å². The number of anilines is 2. The van der Waals surface area contributed by atoms with Gasteiger partial charge in [-0.2, -0.15) is 5.10 Å². The second-order valence-corrected chi connectivity index (χ2v) is 7.34. The first-order chi connectivity index (χ1) is 12.8. The third-order valence-electron chi connectivity index (χ3n) is 5.56. The van der Waals surface area contributed by atoms with E-state index in [1.54, 1.807) is 0 Å². The number of rotatable bonds is 4. The van der Waals surface area contributed by atoms with Crippen molar-refractivity contribution in [3.8, 4) is 0 Å². The van der Waals surface area contributed by atoms with Crippen LogP contribution in [0.5, 0.6) is 0 Å². The third-order valence-corrected chi connectivity index (χ3v) is 5.56. The van der Waals surface area contributed by atoms with Crippen molar-refractivity contribution in [1.29, 1.82) is 0 Å². The number of morpholine rings is 2. The second kappa shape index (κ2) is 8.13. The number of ether oxygens (including phenoxy) is 2. The van der Waals surface area contributed by atoms with Gasteiger partial charge in [-0.1, -0.05) is 0 Å². The first-order valence-electron chi connectivity index (χ1n) is 9.54. The van der Waals surface area contributed by atoms with Gasteiger partial charge in [-0.15, -0.1) is 0 Å². The van der Waals surface area contributed by atoms with E-state index in [0.29, 0.717) is 12.2 Å². The Labute approximate surface area is 163 Å². The van der Waals surface area contributed by atoms with Gasteiger partial charge in [-0.05, 0) is 18.9 Å². The van der Waals surface area contributed by atoms with Gasteiger partial charge in [0.2, 0.25) is 0 Å². The molecule has 27 heavy (non-hydrogen) atoms. The van der Waals surface area contributed by atoms with Gasteiger partial charge in [-0.3, -0.25) is 4.68 Å². The number of hydrogen-bond donors (Lipinski definition) is 0. The fraction of sp³-hybridized carbons (Fsp3) is 0.579. The van der Waals surface area contributed by atoms with Gasteiger partial charge in [-0.25, -0.2) is 4.98 Å². The number of aromatic nitrogens is 3. The van der Waals surface area contributed by atoms with Crippen molar-refractivity contribution in [3.05, 3.63) is 36.3 Å². The van der Waals surface area contributed by atoms with Crippen LogP contribution < -0.4 is 9.80 Å². The summed E-state index contributed by atoms with van der Waals surface area (Å²) in [5, 5.41) is 4.36. The molecule has 0 aliphatic carbocycles. The van der Waals surface area contributed by atoms with Gasteiger partial charge in [0, 0.05) is 72.0 Å². The maximum Gasteiger partial charge on any atom is 0.130 e. The van der Waals surface area contributed by atoms with E-state index >= 15 is 0 Å². The van der Waals surface area contributed by atoms with Gasteiger partial charge in [0.1, 0.15) is 5.82 Å². The lowest BCUT2D eigenvalue weighted by Gasteiger charge is -2.35. The molecule has 3 aliphatic rings. The molecule has 8 heteroatoms. The Morgan fingerprint density at radius 1 is 1.07 bits per heavy atom. The molecule has 2 atom stereocenters. The van der Waals surface area contributed by atoms with E-state index in [1.165, 1.54) is 24.1 Å². The number of hydrogen-bond acceptors (Lipinski definition) is 6. The molecular weight excluding hydrogens is 361 g/mol. The van der Waals surface area contributed by atoms with Crippen molar-refractivity contribution in [2.75, 3.05) is 49.2 Å². The van der Waals surface area contributed by atoms with Gasteiger partial charge >= 0.3 is 0 Å². The largest absolute Gasteiger partial charge is 0.378 e. The van der Waals surface area contributed by atoms with Crippen molar-refractivity contribution in [3.63, 3.8) is 0 Å². The molecule has 3 radical (unpaired) electrons. The molecule has 3 saturated heterocycles. The van der Waals surface area contributed by atoms with Crippen LogP contribution in [0.3, 0.4) is 0 Å². The zero-order chi connectivity index (χ0) is 17.3. The minimum Gasteiger partial charge on any atom is -0.378 e. The van der Waals surface area contributed by atoms with Crippen LogP contribution in [-0.4, -0.2) is 66.4 Å². The molecule has 0 saturated carbocycles. The van der Waals surface area contributed by atoms with E-state index < -0.39 is 0 Å². The third kappa shape index (κ3) is 3.96. The summed E-state index contributed by atoms with van der Waals surface area (Å²) < 4.78 is 13.5. The Morgan fingerprint density at radius 3 is 2.56 bits per heavy atom. The molecule has 0 aromatic carbocycles. The number of nitrogens with zero attached hydrogens (tertiary/aromatic N) is 5. The first kappa shape index (κ1) is 18.7. The summed E-state index contributed by atoms with van der Waals surface area (Å²) in [6, 6.07) is 4.22. The number of pyridine rings is 1. The average Bonchev–Trinajstić information content (AvgIpc) is 3.32. The Bertz CT molecular complexity index is 739. The molecule has 0 N–H and O–H groups in total.